The zero-order valence-electron chi connectivity index (χ0n) is 13.9. The molecule has 0 saturated carbocycles. The van der Waals surface area contributed by atoms with Crippen molar-refractivity contribution in [3.05, 3.63) is 59.2 Å². The van der Waals surface area contributed by atoms with Gasteiger partial charge in [-0.2, -0.15) is 0 Å². The fourth-order valence-corrected chi connectivity index (χ4v) is 3.30. The molecule has 1 aromatic heterocycles. The molecule has 1 N–H and O–H groups in total. The Morgan fingerprint density at radius 1 is 1.12 bits per heavy atom. The molecule has 10 heteroatoms. The normalized spacial score (nSPS) is 11.7. The highest BCUT2D eigenvalue weighted by Crippen LogP contribution is 2.27. The number of halogens is 2. The number of sulfonamides is 1. The molecule has 0 spiro atoms. The minimum atomic E-state index is -3.69. The number of hydrogen-bond acceptors (Lipinski definition) is 5. The molecular weight excluding hydrogens is 364 g/mol. The Morgan fingerprint density at radius 2 is 1.88 bits per heavy atom. The summed E-state index contributed by atoms with van der Waals surface area (Å²) < 4.78 is 55.3. The number of aromatic nitrogens is 4. The van der Waals surface area contributed by atoms with Gasteiger partial charge in [-0.15, -0.1) is 5.10 Å². The Morgan fingerprint density at radius 3 is 2.54 bits per heavy atom. The first-order valence-electron chi connectivity index (χ1n) is 7.55. The van der Waals surface area contributed by atoms with Crippen LogP contribution in [0.25, 0.3) is 11.4 Å². The van der Waals surface area contributed by atoms with Crippen molar-refractivity contribution in [2.45, 2.75) is 11.3 Å². The fourth-order valence-electron chi connectivity index (χ4n) is 2.54. The number of nitrogens with one attached hydrogen (secondary N) is 1. The van der Waals surface area contributed by atoms with Gasteiger partial charge in [0.2, 0.25) is 10.0 Å². The van der Waals surface area contributed by atoms with Crippen molar-refractivity contribution in [3.8, 4) is 11.4 Å². The van der Waals surface area contributed by atoms with Crippen molar-refractivity contribution in [3.63, 3.8) is 0 Å². The van der Waals surface area contributed by atoms with Crippen molar-refractivity contribution in [1.82, 2.24) is 24.9 Å². The second-order valence-electron chi connectivity index (χ2n) is 5.57. The van der Waals surface area contributed by atoms with Crippen LogP contribution in [0.3, 0.4) is 0 Å². The predicted molar refractivity (Wildman–Crippen MR) is 89.6 cm³/mol. The molecule has 0 fully saturated rings. The average Bonchev–Trinajstić information content (AvgIpc) is 3.04. The topological polar surface area (TPSA) is 89.8 Å². The molecule has 0 unspecified atom stereocenters. The number of rotatable bonds is 5. The van der Waals surface area contributed by atoms with Crippen LogP contribution in [-0.4, -0.2) is 35.7 Å². The predicted octanol–water partition coefficient (Wildman–Crippen LogP) is 1.65. The van der Waals surface area contributed by atoms with E-state index in [0.29, 0.717) is 17.0 Å². The molecule has 7 nitrogen and oxygen atoms in total. The fraction of sp³-hybridized carbons (Fsp3) is 0.188. The first-order valence-corrected chi connectivity index (χ1v) is 9.03. The van der Waals surface area contributed by atoms with E-state index < -0.39 is 21.7 Å². The molecule has 136 valence electrons. The average molecular weight is 379 g/mol. The highest BCUT2D eigenvalue weighted by molar-refractivity contribution is 7.89. The minimum absolute atomic E-state index is 0.0152. The van der Waals surface area contributed by atoms with Gasteiger partial charge in [-0.05, 0) is 58.9 Å². The highest BCUT2D eigenvalue weighted by atomic mass is 32.2. The van der Waals surface area contributed by atoms with Gasteiger partial charge in [-0.25, -0.2) is 26.6 Å². The number of tetrazole rings is 1. The molecule has 0 aliphatic rings. The smallest absolute Gasteiger partial charge is 0.229 e. The van der Waals surface area contributed by atoms with Gasteiger partial charge < -0.3 is 0 Å². The van der Waals surface area contributed by atoms with Gasteiger partial charge in [0.25, 0.3) is 0 Å². The quantitative estimate of drug-likeness (QED) is 0.728. The third-order valence-electron chi connectivity index (χ3n) is 3.91. The summed E-state index contributed by atoms with van der Waals surface area (Å²) in [5.74, 6) is -0.803. The largest absolute Gasteiger partial charge is 0.240 e. The molecule has 2 aromatic carbocycles. The molecule has 3 rings (SSSR count). The molecule has 0 aliphatic heterocycles. The lowest BCUT2D eigenvalue weighted by molar-refractivity contribution is 0.587. The van der Waals surface area contributed by atoms with Gasteiger partial charge in [0.1, 0.15) is 11.6 Å². The third kappa shape index (κ3) is 3.46. The van der Waals surface area contributed by atoms with E-state index in [2.05, 4.69) is 20.2 Å². The Balaban J connectivity index is 2.16. The van der Waals surface area contributed by atoms with Gasteiger partial charge >= 0.3 is 0 Å². The molecule has 3 aromatic rings. The number of nitrogens with zero attached hydrogens (tertiary/aromatic N) is 4. The van der Waals surface area contributed by atoms with Crippen LogP contribution in [-0.2, 0) is 23.5 Å². The van der Waals surface area contributed by atoms with Crippen LogP contribution in [0.4, 0.5) is 8.78 Å². The van der Waals surface area contributed by atoms with E-state index in [1.54, 1.807) is 13.1 Å². The van der Waals surface area contributed by atoms with Crippen LogP contribution in [0.1, 0.15) is 11.1 Å². The molecule has 0 atom stereocenters. The summed E-state index contributed by atoms with van der Waals surface area (Å²) in [7, 11) is -0.792. The van der Waals surface area contributed by atoms with Gasteiger partial charge in [0.05, 0.1) is 4.90 Å². The lowest BCUT2D eigenvalue weighted by atomic mass is 9.99. The second kappa shape index (κ2) is 6.89. The minimum Gasteiger partial charge on any atom is -0.229 e. The monoisotopic (exact) mass is 379 g/mol. The van der Waals surface area contributed by atoms with Crippen molar-refractivity contribution in [2.75, 3.05) is 7.05 Å². The first kappa shape index (κ1) is 18.1. The van der Waals surface area contributed by atoms with E-state index in [1.165, 1.54) is 23.9 Å². The summed E-state index contributed by atoms with van der Waals surface area (Å²) >= 11 is 0. The molecule has 26 heavy (non-hydrogen) atoms. The first-order chi connectivity index (χ1) is 12.3. The SMILES string of the molecule is CNS(=O)(=O)c1ccc(Cc2cc(F)ccc2F)c(-c2nnnn2C)c1. The summed E-state index contributed by atoms with van der Waals surface area (Å²) in [6, 6.07) is 7.53. The summed E-state index contributed by atoms with van der Waals surface area (Å²) in [6.07, 6.45) is 0.0473. The summed E-state index contributed by atoms with van der Waals surface area (Å²) in [4.78, 5) is 0.0152. The van der Waals surface area contributed by atoms with Crippen LogP contribution >= 0.6 is 0 Å². The Labute approximate surface area is 148 Å². The van der Waals surface area contributed by atoms with E-state index in [0.717, 1.165) is 18.2 Å². The zero-order chi connectivity index (χ0) is 18.9. The maximum absolute atomic E-state index is 14.0. The standard InChI is InChI=1S/C16H15F2N5O2S/c1-19-26(24,25)13-5-3-10(7-11-8-12(17)4-6-15(11)18)14(9-13)16-20-21-22-23(16)2/h3-6,8-9,19H,7H2,1-2H3. The van der Waals surface area contributed by atoms with Gasteiger partial charge in [0, 0.05) is 19.0 Å². The van der Waals surface area contributed by atoms with E-state index in [9.17, 15) is 17.2 Å². The molecule has 0 radical (unpaired) electrons. The van der Waals surface area contributed by atoms with Crippen LogP contribution in [0.2, 0.25) is 0 Å². The number of benzene rings is 2. The summed E-state index contributed by atoms with van der Waals surface area (Å²) in [6.45, 7) is 0. The zero-order valence-corrected chi connectivity index (χ0v) is 14.8. The highest BCUT2D eigenvalue weighted by Gasteiger charge is 2.19. The van der Waals surface area contributed by atoms with Crippen LogP contribution < -0.4 is 4.72 Å². The Kier molecular flexibility index (Phi) is 4.79. The lowest BCUT2D eigenvalue weighted by Crippen LogP contribution is -2.18. The molecular formula is C16H15F2N5O2S. The Bertz CT molecular complexity index is 1070. The molecule has 0 saturated heterocycles. The molecule has 0 bridgehead atoms. The van der Waals surface area contributed by atoms with Crippen molar-refractivity contribution < 1.29 is 17.2 Å². The molecule has 0 amide bonds. The molecule has 1 heterocycles. The van der Waals surface area contributed by atoms with Gasteiger partial charge in [-0.1, -0.05) is 6.07 Å². The summed E-state index contributed by atoms with van der Waals surface area (Å²) in [5, 5.41) is 11.2. The summed E-state index contributed by atoms with van der Waals surface area (Å²) in [5.41, 5.74) is 1.12. The van der Waals surface area contributed by atoms with Crippen LogP contribution in [0, 0.1) is 11.6 Å². The second-order valence-corrected chi connectivity index (χ2v) is 7.45. The number of hydrogen-bond donors (Lipinski definition) is 1. The van der Waals surface area contributed by atoms with Gasteiger partial charge in [-0.3, -0.25) is 0 Å². The Hall–Kier alpha value is -2.72. The van der Waals surface area contributed by atoms with E-state index >= 15 is 0 Å². The van der Waals surface area contributed by atoms with Crippen molar-refractivity contribution >= 4 is 10.0 Å². The maximum Gasteiger partial charge on any atom is 0.240 e. The lowest BCUT2D eigenvalue weighted by Gasteiger charge is -2.12. The maximum atomic E-state index is 14.0. The van der Waals surface area contributed by atoms with E-state index in [-0.39, 0.29) is 16.9 Å². The van der Waals surface area contributed by atoms with Crippen LogP contribution in [0.15, 0.2) is 41.3 Å². The number of aryl methyl sites for hydroxylation is 1. The molecule has 0 aliphatic carbocycles. The third-order valence-corrected chi connectivity index (χ3v) is 5.32. The van der Waals surface area contributed by atoms with Crippen molar-refractivity contribution in [2.24, 2.45) is 7.05 Å². The van der Waals surface area contributed by atoms with Crippen LogP contribution in [0.5, 0.6) is 0 Å². The van der Waals surface area contributed by atoms with Gasteiger partial charge in [0.15, 0.2) is 5.82 Å². The van der Waals surface area contributed by atoms with E-state index in [1.807, 2.05) is 0 Å². The van der Waals surface area contributed by atoms with E-state index in [4.69, 9.17) is 0 Å². The van der Waals surface area contributed by atoms with Crippen molar-refractivity contribution in [1.29, 1.82) is 0 Å².